The van der Waals surface area contributed by atoms with E-state index in [-0.39, 0.29) is 22.1 Å². The smallest absolute Gasteiger partial charge is 0.257 e. The summed E-state index contributed by atoms with van der Waals surface area (Å²) in [6.45, 7) is 1.83. The van der Waals surface area contributed by atoms with Gasteiger partial charge in [0.1, 0.15) is 0 Å². The fraction of sp³-hybridized carbons (Fsp3) is 0.0690. The van der Waals surface area contributed by atoms with Gasteiger partial charge in [-0.2, -0.15) is 0 Å². The first-order valence-corrected chi connectivity index (χ1v) is 14.2. The molecule has 0 saturated heterocycles. The number of nitrogens with zero attached hydrogens (tertiary/aromatic N) is 1. The first-order chi connectivity index (χ1) is 18.4. The van der Waals surface area contributed by atoms with Gasteiger partial charge >= 0.3 is 0 Å². The van der Waals surface area contributed by atoms with Gasteiger partial charge in [0.25, 0.3) is 5.91 Å². The predicted octanol–water partition coefficient (Wildman–Crippen LogP) is 8.64. The fourth-order valence-corrected chi connectivity index (χ4v) is 5.94. The van der Waals surface area contributed by atoms with Crippen LogP contribution < -0.4 is 10.6 Å². The van der Waals surface area contributed by atoms with Crippen molar-refractivity contribution in [1.82, 2.24) is 4.98 Å². The van der Waals surface area contributed by atoms with Gasteiger partial charge in [-0.3, -0.25) is 9.59 Å². The summed E-state index contributed by atoms with van der Waals surface area (Å²) in [6, 6.07) is 26.4. The van der Waals surface area contributed by atoms with E-state index in [9.17, 15) is 9.59 Å². The number of hydrogen-bond acceptors (Lipinski definition) is 5. The molecule has 2 N–H and O–H groups in total. The summed E-state index contributed by atoms with van der Waals surface area (Å²) in [6.07, 6.45) is 0. The lowest BCUT2D eigenvalue weighted by Gasteiger charge is -2.12. The molecule has 1 heterocycles. The number of thioether (sulfide) groups is 1. The van der Waals surface area contributed by atoms with Crippen molar-refractivity contribution in [1.29, 1.82) is 0 Å². The highest BCUT2D eigenvalue weighted by molar-refractivity contribution is 8.00. The van der Waals surface area contributed by atoms with Crippen molar-refractivity contribution in [2.24, 2.45) is 0 Å². The van der Waals surface area contributed by atoms with Gasteiger partial charge in [0.05, 0.1) is 21.5 Å². The average molecular weight is 579 g/mol. The number of anilines is 2. The largest absolute Gasteiger partial charge is 0.322 e. The van der Waals surface area contributed by atoms with Crippen molar-refractivity contribution in [3.8, 4) is 11.3 Å². The molecule has 0 fully saturated rings. The maximum Gasteiger partial charge on any atom is 0.257 e. The highest BCUT2D eigenvalue weighted by Gasteiger charge is 2.17. The molecule has 0 aliphatic heterocycles. The number of hydrogen-bond donors (Lipinski definition) is 2. The molecule has 0 spiro atoms. The Labute approximate surface area is 238 Å². The molecule has 2 amide bonds. The minimum Gasteiger partial charge on any atom is -0.322 e. The first-order valence-electron chi connectivity index (χ1n) is 11.6. The van der Waals surface area contributed by atoms with Crippen molar-refractivity contribution >= 4 is 79.7 Å². The maximum absolute atomic E-state index is 12.9. The highest BCUT2D eigenvalue weighted by Crippen LogP contribution is 2.30. The molecule has 1 unspecified atom stereocenters. The van der Waals surface area contributed by atoms with Gasteiger partial charge in [0.2, 0.25) is 5.91 Å². The summed E-state index contributed by atoms with van der Waals surface area (Å²) < 4.78 is 0. The van der Waals surface area contributed by atoms with Crippen LogP contribution in [-0.2, 0) is 4.79 Å². The van der Waals surface area contributed by atoms with Crippen molar-refractivity contribution < 1.29 is 9.59 Å². The summed E-state index contributed by atoms with van der Waals surface area (Å²) in [5.41, 5.74) is 2.74. The Kier molecular flexibility index (Phi) is 8.00. The van der Waals surface area contributed by atoms with E-state index in [1.807, 2.05) is 48.7 Å². The lowest BCUT2D eigenvalue weighted by Crippen LogP contribution is -2.22. The van der Waals surface area contributed by atoms with Gasteiger partial charge in [-0.25, -0.2) is 4.98 Å². The number of aromatic nitrogens is 1. The van der Waals surface area contributed by atoms with E-state index in [4.69, 9.17) is 23.2 Å². The molecule has 190 valence electrons. The zero-order valence-electron chi connectivity index (χ0n) is 20.1. The van der Waals surface area contributed by atoms with E-state index in [1.54, 1.807) is 18.2 Å². The Morgan fingerprint density at radius 1 is 0.895 bits per heavy atom. The molecular weight excluding hydrogens is 557 g/mol. The van der Waals surface area contributed by atoms with E-state index in [0.717, 1.165) is 21.5 Å². The topological polar surface area (TPSA) is 71.1 Å². The van der Waals surface area contributed by atoms with Crippen molar-refractivity contribution in [2.75, 3.05) is 10.6 Å². The third-order valence-corrected chi connectivity index (χ3v) is 8.13. The zero-order chi connectivity index (χ0) is 26.6. The normalized spacial score (nSPS) is 11.8. The number of carbonyl (C=O) groups is 2. The molecule has 0 aliphatic rings. The molecule has 5 nitrogen and oxygen atoms in total. The van der Waals surface area contributed by atoms with E-state index < -0.39 is 0 Å². The van der Waals surface area contributed by atoms with Crippen LogP contribution in [0.15, 0.2) is 95.2 Å². The molecule has 9 heteroatoms. The molecule has 1 atom stereocenters. The van der Waals surface area contributed by atoms with E-state index in [1.165, 1.54) is 34.6 Å². The van der Waals surface area contributed by atoms with Gasteiger partial charge in [-0.1, -0.05) is 65.7 Å². The summed E-state index contributed by atoms with van der Waals surface area (Å²) in [5, 5.41) is 10.9. The van der Waals surface area contributed by atoms with Crippen molar-refractivity contribution in [3.63, 3.8) is 0 Å². The molecule has 5 aromatic rings. The Balaban J connectivity index is 1.21. The molecular formula is C29H21Cl2N3O2S2. The Morgan fingerprint density at radius 2 is 1.71 bits per heavy atom. The Morgan fingerprint density at radius 3 is 2.53 bits per heavy atom. The Hall–Kier alpha value is -3.36. The number of carbonyl (C=O) groups excluding carboxylic acids is 2. The summed E-state index contributed by atoms with van der Waals surface area (Å²) in [5.74, 6) is -0.498. The summed E-state index contributed by atoms with van der Waals surface area (Å²) in [7, 11) is 0. The van der Waals surface area contributed by atoms with E-state index in [0.29, 0.717) is 21.4 Å². The molecule has 0 radical (unpaired) electrons. The van der Waals surface area contributed by atoms with Crippen LogP contribution in [0.25, 0.3) is 22.0 Å². The van der Waals surface area contributed by atoms with Gasteiger partial charge in [-0.05, 0) is 60.2 Å². The standard InChI is InChI=1S/C29H21Cl2N3O2S2/c1-17(38-23-8-4-7-22(15-23)32-28(36)24-12-11-21(30)14-25(24)31)27(35)34-29-33-26(16-37-29)20-10-9-18-5-2-3-6-19(18)13-20/h2-17H,1H3,(H,32,36)(H,33,34,35). The number of fused-ring (bicyclic) bond motifs is 1. The third-order valence-electron chi connectivity index (χ3n) is 5.73. The SMILES string of the molecule is CC(Sc1cccc(NC(=O)c2ccc(Cl)cc2Cl)c1)C(=O)Nc1nc(-c2ccc3ccccc3c2)cs1. The van der Waals surface area contributed by atoms with E-state index >= 15 is 0 Å². The van der Waals surface area contributed by atoms with Gasteiger partial charge in [-0.15, -0.1) is 23.1 Å². The molecule has 38 heavy (non-hydrogen) atoms. The molecule has 1 aromatic heterocycles. The van der Waals surface area contributed by atoms with Crippen LogP contribution in [0.4, 0.5) is 10.8 Å². The second kappa shape index (κ2) is 11.6. The summed E-state index contributed by atoms with van der Waals surface area (Å²) >= 11 is 14.9. The van der Waals surface area contributed by atoms with Crippen LogP contribution in [-0.4, -0.2) is 22.0 Å². The molecule has 0 bridgehead atoms. The average Bonchev–Trinajstić information content (AvgIpc) is 3.37. The number of amides is 2. The Bertz CT molecular complexity index is 1650. The van der Waals surface area contributed by atoms with Crippen molar-refractivity contribution in [2.45, 2.75) is 17.1 Å². The van der Waals surface area contributed by atoms with Crippen LogP contribution in [0, 0.1) is 0 Å². The van der Waals surface area contributed by atoms with Crippen LogP contribution in [0.2, 0.25) is 10.0 Å². The number of benzene rings is 4. The second-order valence-electron chi connectivity index (χ2n) is 8.46. The van der Waals surface area contributed by atoms with Crippen LogP contribution >= 0.6 is 46.3 Å². The van der Waals surface area contributed by atoms with Crippen LogP contribution in [0.1, 0.15) is 17.3 Å². The van der Waals surface area contributed by atoms with Crippen LogP contribution in [0.3, 0.4) is 0 Å². The molecule has 5 rings (SSSR count). The minimum absolute atomic E-state index is 0.156. The molecule has 0 aliphatic carbocycles. The maximum atomic E-state index is 12.9. The van der Waals surface area contributed by atoms with Gasteiger partial charge in [0.15, 0.2) is 5.13 Å². The molecule has 0 saturated carbocycles. The minimum atomic E-state index is -0.389. The lowest BCUT2D eigenvalue weighted by molar-refractivity contribution is -0.115. The summed E-state index contributed by atoms with van der Waals surface area (Å²) in [4.78, 5) is 31.0. The fourth-order valence-electron chi connectivity index (χ4n) is 3.80. The first kappa shape index (κ1) is 26.3. The van der Waals surface area contributed by atoms with Crippen LogP contribution in [0.5, 0.6) is 0 Å². The highest BCUT2D eigenvalue weighted by atomic mass is 35.5. The van der Waals surface area contributed by atoms with E-state index in [2.05, 4.69) is 39.9 Å². The number of thiazole rings is 1. The second-order valence-corrected chi connectivity index (χ2v) is 11.6. The number of rotatable bonds is 7. The predicted molar refractivity (Wildman–Crippen MR) is 160 cm³/mol. The quantitative estimate of drug-likeness (QED) is 0.190. The van der Waals surface area contributed by atoms with Crippen molar-refractivity contribution in [3.05, 3.63) is 106 Å². The number of nitrogens with one attached hydrogen (secondary N) is 2. The monoisotopic (exact) mass is 577 g/mol. The van der Waals surface area contributed by atoms with Gasteiger partial charge in [0, 0.05) is 26.5 Å². The molecule has 4 aromatic carbocycles. The lowest BCUT2D eigenvalue weighted by atomic mass is 10.1. The third kappa shape index (κ3) is 6.19. The number of halogens is 2. The van der Waals surface area contributed by atoms with Gasteiger partial charge < -0.3 is 10.6 Å². The zero-order valence-corrected chi connectivity index (χ0v) is 23.2.